The van der Waals surface area contributed by atoms with E-state index >= 15 is 0 Å². The first-order valence-corrected chi connectivity index (χ1v) is 9.41. The molecule has 0 aliphatic carbocycles. The zero-order valence-electron chi connectivity index (χ0n) is 15.7. The summed E-state index contributed by atoms with van der Waals surface area (Å²) in [5.74, 6) is -0.263. The van der Waals surface area contributed by atoms with Crippen LogP contribution in [0, 0.1) is 0 Å². The Morgan fingerprint density at radius 2 is 1.83 bits per heavy atom. The van der Waals surface area contributed by atoms with E-state index in [0.29, 0.717) is 37.6 Å². The van der Waals surface area contributed by atoms with E-state index in [9.17, 15) is 22.8 Å². The van der Waals surface area contributed by atoms with Gasteiger partial charge in [0.25, 0.3) is 0 Å². The number of amides is 2. The molecular weight excluding hydrogens is 423 g/mol. The van der Waals surface area contributed by atoms with Crippen LogP contribution in [0.1, 0.15) is 15.9 Å². The number of carbonyl (C=O) groups is 2. The van der Waals surface area contributed by atoms with E-state index < -0.39 is 28.6 Å². The van der Waals surface area contributed by atoms with Gasteiger partial charge in [-0.05, 0) is 30.3 Å². The first-order valence-electron chi connectivity index (χ1n) is 9.03. The summed E-state index contributed by atoms with van der Waals surface area (Å²) in [6, 6.07) is 6.57. The maximum atomic E-state index is 12.9. The van der Waals surface area contributed by atoms with Crippen molar-refractivity contribution in [2.24, 2.45) is 5.73 Å². The Balaban J connectivity index is 1.52. The van der Waals surface area contributed by atoms with Crippen LogP contribution in [0.4, 0.5) is 24.7 Å². The minimum atomic E-state index is -4.60. The number of pyridine rings is 1. The number of nitrogens with one attached hydrogen (secondary N) is 1. The van der Waals surface area contributed by atoms with Crippen LogP contribution in [0.5, 0.6) is 0 Å². The summed E-state index contributed by atoms with van der Waals surface area (Å²) >= 11 is 5.59. The monoisotopic (exact) mass is 441 g/mol. The van der Waals surface area contributed by atoms with E-state index in [4.69, 9.17) is 17.3 Å². The predicted octanol–water partition coefficient (Wildman–Crippen LogP) is 2.61. The number of hydrogen-bond donors (Lipinski definition) is 2. The molecule has 30 heavy (non-hydrogen) atoms. The fraction of sp³-hybridized carbons (Fsp3) is 0.316. The molecule has 0 atom stereocenters. The lowest BCUT2D eigenvalue weighted by atomic mass is 10.2. The van der Waals surface area contributed by atoms with Gasteiger partial charge in [0.1, 0.15) is 5.82 Å². The van der Waals surface area contributed by atoms with Gasteiger partial charge in [0.2, 0.25) is 11.8 Å². The van der Waals surface area contributed by atoms with Gasteiger partial charge in [0.05, 0.1) is 22.7 Å². The van der Waals surface area contributed by atoms with Gasteiger partial charge < -0.3 is 16.0 Å². The van der Waals surface area contributed by atoms with Crippen LogP contribution in [0.15, 0.2) is 36.5 Å². The van der Waals surface area contributed by atoms with Crippen LogP contribution in [0.25, 0.3) is 0 Å². The second-order valence-electron chi connectivity index (χ2n) is 6.77. The van der Waals surface area contributed by atoms with Crippen LogP contribution < -0.4 is 16.0 Å². The highest BCUT2D eigenvalue weighted by atomic mass is 35.5. The van der Waals surface area contributed by atoms with Crippen molar-refractivity contribution >= 4 is 34.9 Å². The Morgan fingerprint density at radius 3 is 2.40 bits per heavy atom. The highest BCUT2D eigenvalue weighted by Crippen LogP contribution is 2.36. The molecule has 0 unspecified atom stereocenters. The fourth-order valence-corrected chi connectivity index (χ4v) is 3.30. The lowest BCUT2D eigenvalue weighted by Gasteiger charge is -2.35. The predicted molar refractivity (Wildman–Crippen MR) is 106 cm³/mol. The van der Waals surface area contributed by atoms with E-state index in [2.05, 4.69) is 10.3 Å². The number of aromatic nitrogens is 1. The Kier molecular flexibility index (Phi) is 6.47. The standard InChI is InChI=1S/C19H19ClF3N5O2/c20-15-3-2-13(9-14(15)19(21,22)23)26-17(29)11-27-5-7-28(8-6-27)16-4-1-12(10-25-16)18(24)30/h1-4,9-10H,5-8,11H2,(H2,24,30)(H,26,29). The summed E-state index contributed by atoms with van der Waals surface area (Å²) < 4.78 is 38.8. The molecule has 1 aliphatic rings. The Hall–Kier alpha value is -2.85. The zero-order chi connectivity index (χ0) is 21.9. The Bertz CT molecular complexity index is 929. The Labute approximate surface area is 175 Å². The molecule has 3 rings (SSSR count). The Morgan fingerprint density at radius 1 is 1.13 bits per heavy atom. The lowest BCUT2D eigenvalue weighted by molar-refractivity contribution is -0.137. The second kappa shape index (κ2) is 8.88. The first kappa shape index (κ1) is 21.8. The lowest BCUT2D eigenvalue weighted by Crippen LogP contribution is -2.48. The second-order valence-corrected chi connectivity index (χ2v) is 7.18. The normalized spacial score (nSPS) is 15.1. The number of anilines is 2. The van der Waals surface area contributed by atoms with Crippen molar-refractivity contribution in [1.82, 2.24) is 9.88 Å². The third-order valence-corrected chi connectivity index (χ3v) is 4.98. The molecule has 0 radical (unpaired) electrons. The summed E-state index contributed by atoms with van der Waals surface area (Å²) in [5, 5.41) is 2.06. The smallest absolute Gasteiger partial charge is 0.366 e. The number of nitrogens with zero attached hydrogens (tertiary/aromatic N) is 3. The number of nitrogens with two attached hydrogens (primary N) is 1. The minimum absolute atomic E-state index is 0.0362. The molecule has 3 N–H and O–H groups in total. The number of carbonyl (C=O) groups excluding carboxylic acids is 2. The van der Waals surface area contributed by atoms with Crippen LogP contribution in [0.3, 0.4) is 0 Å². The van der Waals surface area contributed by atoms with Crippen LogP contribution in [-0.2, 0) is 11.0 Å². The van der Waals surface area contributed by atoms with E-state index in [1.165, 1.54) is 12.3 Å². The van der Waals surface area contributed by atoms with E-state index in [0.717, 1.165) is 12.1 Å². The minimum Gasteiger partial charge on any atom is -0.366 e. The van der Waals surface area contributed by atoms with Gasteiger partial charge in [0, 0.05) is 38.1 Å². The molecule has 1 aromatic carbocycles. The fourth-order valence-electron chi connectivity index (χ4n) is 3.08. The van der Waals surface area contributed by atoms with Crippen molar-refractivity contribution in [3.05, 3.63) is 52.7 Å². The van der Waals surface area contributed by atoms with Crippen molar-refractivity contribution in [2.45, 2.75) is 6.18 Å². The molecule has 0 saturated carbocycles. The van der Waals surface area contributed by atoms with Crippen molar-refractivity contribution in [3.8, 4) is 0 Å². The van der Waals surface area contributed by atoms with Gasteiger partial charge in [-0.1, -0.05) is 11.6 Å². The maximum absolute atomic E-state index is 12.9. The topological polar surface area (TPSA) is 91.6 Å². The molecule has 1 fully saturated rings. The quantitative estimate of drug-likeness (QED) is 0.744. The third-order valence-electron chi connectivity index (χ3n) is 4.65. The molecule has 2 heterocycles. The van der Waals surface area contributed by atoms with Crippen LogP contribution in [0.2, 0.25) is 5.02 Å². The van der Waals surface area contributed by atoms with Gasteiger partial charge in [-0.15, -0.1) is 0 Å². The van der Waals surface area contributed by atoms with Crippen LogP contribution >= 0.6 is 11.6 Å². The summed E-state index contributed by atoms with van der Waals surface area (Å²) in [6.07, 6.45) is -3.18. The van der Waals surface area contributed by atoms with Crippen molar-refractivity contribution in [2.75, 3.05) is 42.9 Å². The number of rotatable bonds is 5. The average Bonchev–Trinajstić information content (AvgIpc) is 2.69. The molecular formula is C19H19ClF3N5O2. The summed E-state index contributed by atoms with van der Waals surface area (Å²) in [5.41, 5.74) is 4.56. The molecule has 2 amide bonds. The molecule has 0 spiro atoms. The molecule has 1 aromatic heterocycles. The number of alkyl halides is 3. The third kappa shape index (κ3) is 5.39. The van der Waals surface area contributed by atoms with Crippen LogP contribution in [-0.4, -0.2) is 54.4 Å². The summed E-state index contributed by atoms with van der Waals surface area (Å²) in [6.45, 7) is 2.40. The molecule has 11 heteroatoms. The molecule has 0 bridgehead atoms. The molecule has 1 aliphatic heterocycles. The average molecular weight is 442 g/mol. The maximum Gasteiger partial charge on any atom is 0.417 e. The van der Waals surface area contributed by atoms with Crippen molar-refractivity contribution in [3.63, 3.8) is 0 Å². The molecule has 1 saturated heterocycles. The van der Waals surface area contributed by atoms with Gasteiger partial charge in [0.15, 0.2) is 0 Å². The highest BCUT2D eigenvalue weighted by Gasteiger charge is 2.33. The van der Waals surface area contributed by atoms with E-state index in [1.807, 2.05) is 9.80 Å². The first-order chi connectivity index (χ1) is 14.1. The number of benzene rings is 1. The van der Waals surface area contributed by atoms with Gasteiger partial charge in [-0.3, -0.25) is 14.5 Å². The van der Waals surface area contributed by atoms with Gasteiger partial charge >= 0.3 is 6.18 Å². The number of halogens is 4. The summed E-state index contributed by atoms with van der Waals surface area (Å²) in [4.78, 5) is 31.5. The summed E-state index contributed by atoms with van der Waals surface area (Å²) in [7, 11) is 0. The van der Waals surface area contributed by atoms with Gasteiger partial charge in [-0.2, -0.15) is 13.2 Å². The number of piperazine rings is 1. The van der Waals surface area contributed by atoms with Crippen molar-refractivity contribution < 1.29 is 22.8 Å². The molecule has 7 nitrogen and oxygen atoms in total. The SMILES string of the molecule is NC(=O)c1ccc(N2CCN(CC(=O)Nc3ccc(Cl)c(C(F)(F)F)c3)CC2)nc1. The number of primary amides is 1. The van der Waals surface area contributed by atoms with Gasteiger partial charge in [-0.25, -0.2) is 4.98 Å². The van der Waals surface area contributed by atoms with E-state index in [1.54, 1.807) is 12.1 Å². The molecule has 2 aromatic rings. The van der Waals surface area contributed by atoms with Crippen molar-refractivity contribution in [1.29, 1.82) is 0 Å². The highest BCUT2D eigenvalue weighted by molar-refractivity contribution is 6.31. The molecule has 160 valence electrons. The zero-order valence-corrected chi connectivity index (χ0v) is 16.5. The largest absolute Gasteiger partial charge is 0.417 e. The van der Waals surface area contributed by atoms with E-state index in [-0.39, 0.29) is 12.2 Å². The number of hydrogen-bond acceptors (Lipinski definition) is 5.